The van der Waals surface area contributed by atoms with Crippen LogP contribution in [0.4, 0.5) is 0 Å². The van der Waals surface area contributed by atoms with Gasteiger partial charge in [0.2, 0.25) is 5.91 Å². The smallest absolute Gasteiger partial charge is 0.245 e. The SMILES string of the molecule is C=CC(=O)N(C)CCCCN(CC)CC. The Labute approximate surface area is 93.7 Å². The van der Waals surface area contributed by atoms with E-state index in [2.05, 4.69) is 25.3 Å². The first-order valence-corrected chi connectivity index (χ1v) is 5.75. The summed E-state index contributed by atoms with van der Waals surface area (Å²) in [5.41, 5.74) is 0. The summed E-state index contributed by atoms with van der Waals surface area (Å²) in [5, 5.41) is 0. The third-order valence-corrected chi connectivity index (χ3v) is 2.66. The minimum absolute atomic E-state index is 0.0119. The van der Waals surface area contributed by atoms with E-state index in [4.69, 9.17) is 0 Å². The maximum Gasteiger partial charge on any atom is 0.245 e. The van der Waals surface area contributed by atoms with Crippen LogP contribution < -0.4 is 0 Å². The van der Waals surface area contributed by atoms with E-state index in [0.29, 0.717) is 0 Å². The van der Waals surface area contributed by atoms with Gasteiger partial charge in [0.25, 0.3) is 0 Å². The Morgan fingerprint density at radius 1 is 1.20 bits per heavy atom. The van der Waals surface area contributed by atoms with E-state index in [1.165, 1.54) is 6.08 Å². The third kappa shape index (κ3) is 6.28. The summed E-state index contributed by atoms with van der Waals surface area (Å²) in [4.78, 5) is 15.3. The van der Waals surface area contributed by atoms with E-state index >= 15 is 0 Å². The van der Waals surface area contributed by atoms with Crippen LogP contribution in [0, 0.1) is 0 Å². The van der Waals surface area contributed by atoms with Gasteiger partial charge in [-0.15, -0.1) is 0 Å². The monoisotopic (exact) mass is 212 g/mol. The topological polar surface area (TPSA) is 23.6 Å². The molecule has 0 atom stereocenters. The molecule has 3 heteroatoms. The van der Waals surface area contributed by atoms with Crippen molar-refractivity contribution in [3.63, 3.8) is 0 Å². The van der Waals surface area contributed by atoms with Crippen molar-refractivity contribution in [2.45, 2.75) is 26.7 Å². The molecule has 88 valence electrons. The molecular weight excluding hydrogens is 188 g/mol. The van der Waals surface area contributed by atoms with E-state index in [1.54, 1.807) is 4.90 Å². The van der Waals surface area contributed by atoms with Crippen molar-refractivity contribution in [1.29, 1.82) is 0 Å². The largest absolute Gasteiger partial charge is 0.342 e. The predicted octanol–water partition coefficient (Wildman–Crippen LogP) is 1.75. The van der Waals surface area contributed by atoms with Gasteiger partial charge in [-0.1, -0.05) is 20.4 Å². The summed E-state index contributed by atoms with van der Waals surface area (Å²) in [6, 6.07) is 0. The van der Waals surface area contributed by atoms with Gasteiger partial charge in [0.1, 0.15) is 0 Å². The Morgan fingerprint density at radius 3 is 2.20 bits per heavy atom. The minimum Gasteiger partial charge on any atom is -0.342 e. The van der Waals surface area contributed by atoms with Crippen molar-refractivity contribution in [3.8, 4) is 0 Å². The lowest BCUT2D eigenvalue weighted by atomic mass is 10.2. The van der Waals surface area contributed by atoms with Crippen LogP contribution in [0.15, 0.2) is 12.7 Å². The minimum atomic E-state index is 0.0119. The molecule has 0 aliphatic carbocycles. The van der Waals surface area contributed by atoms with Gasteiger partial charge >= 0.3 is 0 Å². The molecule has 0 saturated heterocycles. The second kappa shape index (κ2) is 8.48. The maximum atomic E-state index is 11.1. The van der Waals surface area contributed by atoms with Gasteiger partial charge in [0, 0.05) is 13.6 Å². The zero-order chi connectivity index (χ0) is 11.7. The molecular formula is C12H24N2O. The van der Waals surface area contributed by atoms with Crippen LogP contribution in [0.1, 0.15) is 26.7 Å². The molecule has 0 aliphatic rings. The lowest BCUT2D eigenvalue weighted by Crippen LogP contribution is -2.28. The Bertz CT molecular complexity index is 188. The lowest BCUT2D eigenvalue weighted by molar-refractivity contribution is -0.124. The molecule has 0 heterocycles. The molecule has 0 aromatic carbocycles. The molecule has 0 aromatic rings. The first kappa shape index (κ1) is 14.2. The molecule has 0 fully saturated rings. The molecule has 3 nitrogen and oxygen atoms in total. The fourth-order valence-electron chi connectivity index (χ4n) is 1.49. The highest BCUT2D eigenvalue weighted by atomic mass is 16.2. The van der Waals surface area contributed by atoms with Crippen LogP contribution >= 0.6 is 0 Å². The zero-order valence-corrected chi connectivity index (χ0v) is 10.3. The predicted molar refractivity (Wildman–Crippen MR) is 64.9 cm³/mol. The summed E-state index contributed by atoms with van der Waals surface area (Å²) in [7, 11) is 1.82. The van der Waals surface area contributed by atoms with Gasteiger partial charge in [-0.3, -0.25) is 4.79 Å². The number of carbonyl (C=O) groups is 1. The van der Waals surface area contributed by atoms with E-state index in [1.807, 2.05) is 7.05 Å². The number of hydrogen-bond donors (Lipinski definition) is 0. The average molecular weight is 212 g/mol. The van der Waals surface area contributed by atoms with Crippen molar-refractivity contribution in [3.05, 3.63) is 12.7 Å². The van der Waals surface area contributed by atoms with Gasteiger partial charge < -0.3 is 9.80 Å². The Kier molecular flexibility index (Phi) is 8.01. The Morgan fingerprint density at radius 2 is 1.73 bits per heavy atom. The molecule has 0 aliphatic heterocycles. The lowest BCUT2D eigenvalue weighted by Gasteiger charge is -2.19. The van der Waals surface area contributed by atoms with Crippen molar-refractivity contribution in [2.24, 2.45) is 0 Å². The molecule has 0 spiro atoms. The summed E-state index contributed by atoms with van der Waals surface area (Å²) < 4.78 is 0. The van der Waals surface area contributed by atoms with E-state index < -0.39 is 0 Å². The Hall–Kier alpha value is -0.830. The molecule has 0 rings (SSSR count). The second-order valence-electron chi connectivity index (χ2n) is 3.70. The molecule has 0 radical (unpaired) electrons. The maximum absolute atomic E-state index is 11.1. The van der Waals surface area contributed by atoms with Gasteiger partial charge in [-0.25, -0.2) is 0 Å². The summed E-state index contributed by atoms with van der Waals surface area (Å²) in [6.07, 6.45) is 3.58. The van der Waals surface area contributed by atoms with Crippen LogP contribution in [0.2, 0.25) is 0 Å². The first-order valence-electron chi connectivity index (χ1n) is 5.75. The van der Waals surface area contributed by atoms with Crippen molar-refractivity contribution < 1.29 is 4.79 Å². The van der Waals surface area contributed by atoms with Gasteiger partial charge in [0.05, 0.1) is 0 Å². The first-order chi connectivity index (χ1) is 7.15. The average Bonchev–Trinajstić information content (AvgIpc) is 2.27. The van der Waals surface area contributed by atoms with Crippen LogP contribution in [0.5, 0.6) is 0 Å². The summed E-state index contributed by atoms with van der Waals surface area (Å²) in [6.45, 7) is 12.0. The van der Waals surface area contributed by atoms with Gasteiger partial charge in [0.15, 0.2) is 0 Å². The number of rotatable bonds is 8. The molecule has 0 N–H and O–H groups in total. The fraction of sp³-hybridized carbons (Fsp3) is 0.750. The second-order valence-corrected chi connectivity index (χ2v) is 3.70. The van der Waals surface area contributed by atoms with Crippen molar-refractivity contribution >= 4 is 5.91 Å². The fourth-order valence-corrected chi connectivity index (χ4v) is 1.49. The Balaban J connectivity index is 3.53. The molecule has 15 heavy (non-hydrogen) atoms. The van der Waals surface area contributed by atoms with Gasteiger partial charge in [-0.05, 0) is 38.6 Å². The van der Waals surface area contributed by atoms with Crippen LogP contribution in [0.3, 0.4) is 0 Å². The van der Waals surface area contributed by atoms with E-state index in [9.17, 15) is 4.79 Å². The zero-order valence-electron chi connectivity index (χ0n) is 10.3. The quantitative estimate of drug-likeness (QED) is 0.452. The summed E-state index contributed by atoms with van der Waals surface area (Å²) in [5.74, 6) is 0.0119. The number of amides is 1. The van der Waals surface area contributed by atoms with Crippen LogP contribution in [0.25, 0.3) is 0 Å². The van der Waals surface area contributed by atoms with Crippen molar-refractivity contribution in [2.75, 3.05) is 33.2 Å². The van der Waals surface area contributed by atoms with E-state index in [-0.39, 0.29) is 5.91 Å². The molecule has 0 aromatic heterocycles. The normalized spacial score (nSPS) is 10.4. The third-order valence-electron chi connectivity index (χ3n) is 2.66. The number of likely N-dealkylation sites (N-methyl/N-ethyl adjacent to an activating group) is 1. The number of nitrogens with zero attached hydrogens (tertiary/aromatic N) is 2. The number of carbonyl (C=O) groups excluding carboxylic acids is 1. The van der Waals surface area contributed by atoms with E-state index in [0.717, 1.165) is 39.0 Å². The highest BCUT2D eigenvalue weighted by Crippen LogP contribution is 1.97. The number of unbranched alkanes of at least 4 members (excludes halogenated alkanes) is 1. The standard InChI is InChI=1S/C12H24N2O/c1-5-12(15)13(4)10-8-9-11-14(6-2)7-3/h5H,1,6-11H2,2-4H3. The van der Waals surface area contributed by atoms with Crippen LogP contribution in [-0.2, 0) is 4.79 Å². The summed E-state index contributed by atoms with van der Waals surface area (Å²) >= 11 is 0. The number of hydrogen-bond acceptors (Lipinski definition) is 2. The van der Waals surface area contributed by atoms with Crippen LogP contribution in [-0.4, -0.2) is 48.9 Å². The van der Waals surface area contributed by atoms with Gasteiger partial charge in [-0.2, -0.15) is 0 Å². The molecule has 0 unspecified atom stereocenters. The van der Waals surface area contributed by atoms with Crippen molar-refractivity contribution in [1.82, 2.24) is 9.80 Å². The molecule has 0 bridgehead atoms. The molecule has 0 saturated carbocycles. The highest BCUT2D eigenvalue weighted by molar-refractivity contribution is 5.86. The molecule has 1 amide bonds. The highest BCUT2D eigenvalue weighted by Gasteiger charge is 2.03.